The third-order valence-electron chi connectivity index (χ3n) is 4.92. The number of nitrogens with zero attached hydrogens (tertiary/aromatic N) is 2. The summed E-state index contributed by atoms with van der Waals surface area (Å²) in [7, 11) is 0. The van der Waals surface area contributed by atoms with Gasteiger partial charge in [-0.25, -0.2) is 4.98 Å². The largest absolute Gasteiger partial charge is 0.341 e. The molecule has 122 valence electrons. The number of aromatic nitrogens is 2. The van der Waals surface area contributed by atoms with Crippen molar-refractivity contribution in [1.29, 1.82) is 0 Å². The lowest BCUT2D eigenvalue weighted by Gasteiger charge is -2.32. The summed E-state index contributed by atoms with van der Waals surface area (Å²) in [6.07, 6.45) is 7.28. The van der Waals surface area contributed by atoms with Crippen molar-refractivity contribution in [3.8, 4) is 11.3 Å². The molecule has 23 heavy (non-hydrogen) atoms. The van der Waals surface area contributed by atoms with Gasteiger partial charge in [-0.3, -0.25) is 0 Å². The van der Waals surface area contributed by atoms with E-state index in [9.17, 15) is 0 Å². The summed E-state index contributed by atoms with van der Waals surface area (Å²) in [4.78, 5) is 10.6. The monoisotopic (exact) mass is 374 g/mol. The second kappa shape index (κ2) is 6.75. The van der Waals surface area contributed by atoms with E-state index in [1.54, 1.807) is 0 Å². The van der Waals surface area contributed by atoms with Crippen LogP contribution in [-0.4, -0.2) is 40.0 Å². The third-order valence-corrected chi connectivity index (χ3v) is 5.41. The van der Waals surface area contributed by atoms with Crippen LogP contribution in [0.1, 0.15) is 31.5 Å². The standard InChI is InChI=1S/C18H23BrN4/c19-14-3-1-2-13(10-14)17-11-21-18(22-17)12-20-15-6-8-23(9-7-15)16-4-5-16/h1-3,10-11,15-16,20H,4-9,12H2,(H,21,22). The predicted molar refractivity (Wildman–Crippen MR) is 96.2 cm³/mol. The lowest BCUT2D eigenvalue weighted by atomic mass is 10.1. The van der Waals surface area contributed by atoms with E-state index in [2.05, 4.69) is 48.2 Å². The minimum atomic E-state index is 0.629. The summed E-state index contributed by atoms with van der Waals surface area (Å²) in [6, 6.07) is 9.84. The van der Waals surface area contributed by atoms with Gasteiger partial charge in [0.2, 0.25) is 0 Å². The fraction of sp³-hybridized carbons (Fsp3) is 0.500. The lowest BCUT2D eigenvalue weighted by molar-refractivity contribution is 0.188. The summed E-state index contributed by atoms with van der Waals surface area (Å²) in [5, 5.41) is 3.66. The molecule has 1 aliphatic heterocycles. The maximum atomic E-state index is 4.52. The molecule has 2 aromatic rings. The zero-order valence-electron chi connectivity index (χ0n) is 13.3. The van der Waals surface area contributed by atoms with Crippen molar-refractivity contribution in [2.24, 2.45) is 0 Å². The molecule has 0 spiro atoms. The topological polar surface area (TPSA) is 44.0 Å². The van der Waals surface area contributed by atoms with Gasteiger partial charge in [-0.05, 0) is 50.9 Å². The molecule has 0 atom stereocenters. The van der Waals surface area contributed by atoms with Gasteiger partial charge in [0.05, 0.1) is 18.4 Å². The molecule has 0 bridgehead atoms. The highest BCUT2D eigenvalue weighted by atomic mass is 79.9. The number of aromatic amines is 1. The van der Waals surface area contributed by atoms with Gasteiger partial charge in [0.15, 0.2) is 0 Å². The smallest absolute Gasteiger partial charge is 0.120 e. The molecule has 1 aromatic carbocycles. The van der Waals surface area contributed by atoms with Crippen molar-refractivity contribution in [3.05, 3.63) is 40.8 Å². The maximum absolute atomic E-state index is 4.52. The van der Waals surface area contributed by atoms with Crippen LogP contribution in [0.25, 0.3) is 11.3 Å². The highest BCUT2D eigenvalue weighted by Crippen LogP contribution is 2.29. The fourth-order valence-corrected chi connectivity index (χ4v) is 3.80. The number of rotatable bonds is 5. The molecule has 0 radical (unpaired) electrons. The molecule has 2 N–H and O–H groups in total. The SMILES string of the molecule is Brc1cccc(-c2cnc(CNC3CCN(C4CC4)CC3)[nH]2)c1. The van der Waals surface area contributed by atoms with Gasteiger partial charge in [-0.2, -0.15) is 0 Å². The molecule has 2 aliphatic rings. The van der Waals surface area contributed by atoms with E-state index in [0.29, 0.717) is 6.04 Å². The van der Waals surface area contributed by atoms with Gasteiger partial charge >= 0.3 is 0 Å². The Morgan fingerprint density at radius 3 is 2.78 bits per heavy atom. The average Bonchev–Trinajstić information content (AvgIpc) is 3.31. The third kappa shape index (κ3) is 3.84. The van der Waals surface area contributed by atoms with Gasteiger partial charge in [-0.15, -0.1) is 0 Å². The molecule has 4 nitrogen and oxygen atoms in total. The number of halogens is 1. The Hall–Kier alpha value is -1.17. The molecular weight excluding hydrogens is 352 g/mol. The first-order chi connectivity index (χ1) is 11.3. The summed E-state index contributed by atoms with van der Waals surface area (Å²) in [6.45, 7) is 3.33. The van der Waals surface area contributed by atoms with E-state index < -0.39 is 0 Å². The van der Waals surface area contributed by atoms with E-state index >= 15 is 0 Å². The Morgan fingerprint density at radius 2 is 2.04 bits per heavy atom. The van der Waals surface area contributed by atoms with Crippen molar-refractivity contribution in [3.63, 3.8) is 0 Å². The number of benzene rings is 1. The molecular formula is C18H23BrN4. The number of hydrogen-bond acceptors (Lipinski definition) is 3. The second-order valence-corrected chi connectivity index (χ2v) is 7.59. The van der Waals surface area contributed by atoms with Crippen LogP contribution in [0.4, 0.5) is 0 Å². The Bertz CT molecular complexity index is 657. The Morgan fingerprint density at radius 1 is 1.22 bits per heavy atom. The summed E-state index contributed by atoms with van der Waals surface area (Å²) < 4.78 is 1.09. The molecule has 2 heterocycles. The first-order valence-electron chi connectivity index (χ1n) is 8.55. The van der Waals surface area contributed by atoms with Crippen LogP contribution in [0.3, 0.4) is 0 Å². The van der Waals surface area contributed by atoms with Crippen LogP contribution in [0.5, 0.6) is 0 Å². The Kier molecular flexibility index (Phi) is 4.51. The highest BCUT2D eigenvalue weighted by Gasteiger charge is 2.31. The van der Waals surface area contributed by atoms with Gasteiger partial charge in [0, 0.05) is 22.1 Å². The number of imidazole rings is 1. The second-order valence-electron chi connectivity index (χ2n) is 6.68. The van der Waals surface area contributed by atoms with Crippen LogP contribution in [-0.2, 0) is 6.54 Å². The highest BCUT2D eigenvalue weighted by molar-refractivity contribution is 9.10. The van der Waals surface area contributed by atoms with Gasteiger partial charge < -0.3 is 15.2 Å². The van der Waals surface area contributed by atoms with Crippen LogP contribution in [0.2, 0.25) is 0 Å². The number of H-pyrrole nitrogens is 1. The van der Waals surface area contributed by atoms with Gasteiger partial charge in [0.1, 0.15) is 5.82 Å². The number of hydrogen-bond donors (Lipinski definition) is 2. The van der Waals surface area contributed by atoms with Gasteiger partial charge in [-0.1, -0.05) is 28.1 Å². The molecule has 1 saturated heterocycles. The molecule has 1 aliphatic carbocycles. The quantitative estimate of drug-likeness (QED) is 0.840. The molecule has 1 saturated carbocycles. The van der Waals surface area contributed by atoms with E-state index in [4.69, 9.17) is 0 Å². The van der Waals surface area contributed by atoms with Crippen LogP contribution < -0.4 is 5.32 Å². The summed E-state index contributed by atoms with van der Waals surface area (Å²) in [5.74, 6) is 1.02. The van der Waals surface area contributed by atoms with Crippen molar-refractivity contribution < 1.29 is 0 Å². The first kappa shape index (κ1) is 15.4. The van der Waals surface area contributed by atoms with Crippen LogP contribution in [0, 0.1) is 0 Å². The molecule has 4 rings (SSSR count). The number of piperidine rings is 1. The zero-order chi connectivity index (χ0) is 15.6. The summed E-state index contributed by atoms with van der Waals surface area (Å²) in [5.41, 5.74) is 2.24. The molecule has 0 amide bonds. The number of nitrogens with one attached hydrogen (secondary N) is 2. The van der Waals surface area contributed by atoms with Crippen molar-refractivity contribution in [2.75, 3.05) is 13.1 Å². The summed E-state index contributed by atoms with van der Waals surface area (Å²) >= 11 is 3.52. The fourth-order valence-electron chi connectivity index (χ4n) is 3.40. The van der Waals surface area contributed by atoms with E-state index in [0.717, 1.165) is 34.1 Å². The van der Waals surface area contributed by atoms with E-state index in [1.807, 2.05) is 18.3 Å². The lowest BCUT2D eigenvalue weighted by Crippen LogP contribution is -2.43. The molecule has 0 unspecified atom stereocenters. The minimum Gasteiger partial charge on any atom is -0.341 e. The normalized spacial score (nSPS) is 20.0. The van der Waals surface area contributed by atoms with E-state index in [-0.39, 0.29) is 0 Å². The average molecular weight is 375 g/mol. The van der Waals surface area contributed by atoms with Crippen molar-refractivity contribution in [2.45, 2.75) is 44.3 Å². The first-order valence-corrected chi connectivity index (χ1v) is 9.34. The maximum Gasteiger partial charge on any atom is 0.120 e. The van der Waals surface area contributed by atoms with Crippen molar-refractivity contribution >= 4 is 15.9 Å². The molecule has 2 fully saturated rings. The molecule has 5 heteroatoms. The van der Waals surface area contributed by atoms with Crippen LogP contribution in [0.15, 0.2) is 34.9 Å². The Labute approximate surface area is 145 Å². The van der Waals surface area contributed by atoms with E-state index in [1.165, 1.54) is 38.8 Å². The van der Waals surface area contributed by atoms with Gasteiger partial charge in [0.25, 0.3) is 0 Å². The molecule has 1 aromatic heterocycles. The number of likely N-dealkylation sites (tertiary alicyclic amines) is 1. The zero-order valence-corrected chi connectivity index (χ0v) is 14.8. The Balaban J connectivity index is 1.30. The predicted octanol–water partition coefficient (Wildman–Crippen LogP) is 3.56. The van der Waals surface area contributed by atoms with Crippen molar-refractivity contribution in [1.82, 2.24) is 20.2 Å². The van der Waals surface area contributed by atoms with Crippen LogP contribution >= 0.6 is 15.9 Å². The minimum absolute atomic E-state index is 0.629.